The summed E-state index contributed by atoms with van der Waals surface area (Å²) in [5.74, 6) is -0.156. The molecule has 1 aromatic heterocycles. The van der Waals surface area contributed by atoms with Gasteiger partial charge in [-0.25, -0.2) is 4.79 Å². The number of hydrogen-bond acceptors (Lipinski definition) is 2. The Balaban J connectivity index is 2.72. The molecular weight excluding hydrogens is 230 g/mol. The number of fused-ring (bicyclic) bond motifs is 1. The first kappa shape index (κ1) is 12.2. The average molecular weight is 245 g/mol. The fraction of sp³-hybridized carbons (Fsp3) is 0.214. The quantitative estimate of drug-likeness (QED) is 0.846. The van der Waals surface area contributed by atoms with Crippen molar-refractivity contribution in [3.63, 3.8) is 0 Å². The largest absolute Gasteiger partial charge is 0.495 e. The molecule has 2 rings (SSSR count). The second-order valence-electron chi connectivity index (χ2n) is 4.18. The topological polar surface area (TPSA) is 51.5 Å². The number of carboxylic acids is 1. The SMILES string of the molecule is COc1cccc2c(/C(C)=C/C(=O)O)cn(C)c12. The minimum absolute atomic E-state index is 0.723. The van der Waals surface area contributed by atoms with E-state index in [9.17, 15) is 4.79 Å². The van der Waals surface area contributed by atoms with Crippen molar-refractivity contribution in [2.24, 2.45) is 7.05 Å². The molecule has 0 saturated carbocycles. The van der Waals surface area contributed by atoms with Gasteiger partial charge in [-0.2, -0.15) is 0 Å². The van der Waals surface area contributed by atoms with Gasteiger partial charge in [0.15, 0.2) is 0 Å². The molecule has 4 heteroatoms. The molecule has 0 atom stereocenters. The van der Waals surface area contributed by atoms with Crippen LogP contribution in [0, 0.1) is 0 Å². The molecule has 0 saturated heterocycles. The average Bonchev–Trinajstić information content (AvgIpc) is 2.66. The van der Waals surface area contributed by atoms with E-state index < -0.39 is 5.97 Å². The van der Waals surface area contributed by atoms with Crippen molar-refractivity contribution in [2.75, 3.05) is 7.11 Å². The molecule has 1 heterocycles. The standard InChI is InChI=1S/C14H15NO3/c1-9(7-13(16)17)11-8-15(2)14-10(11)5-4-6-12(14)18-3/h4-8H,1-3H3,(H,16,17)/b9-7+. The van der Waals surface area contributed by atoms with Crippen molar-refractivity contribution >= 4 is 22.4 Å². The smallest absolute Gasteiger partial charge is 0.328 e. The number of aliphatic carboxylic acids is 1. The van der Waals surface area contributed by atoms with Gasteiger partial charge in [-0.1, -0.05) is 12.1 Å². The molecule has 94 valence electrons. The zero-order valence-electron chi connectivity index (χ0n) is 10.6. The van der Waals surface area contributed by atoms with Crippen molar-refractivity contribution < 1.29 is 14.6 Å². The number of para-hydroxylation sites is 1. The maximum Gasteiger partial charge on any atom is 0.328 e. The van der Waals surface area contributed by atoms with Crippen LogP contribution in [-0.4, -0.2) is 22.8 Å². The minimum atomic E-state index is -0.938. The van der Waals surface area contributed by atoms with E-state index in [-0.39, 0.29) is 0 Å². The summed E-state index contributed by atoms with van der Waals surface area (Å²) >= 11 is 0. The highest BCUT2D eigenvalue weighted by atomic mass is 16.5. The highest BCUT2D eigenvalue weighted by Crippen LogP contribution is 2.32. The van der Waals surface area contributed by atoms with Crippen LogP contribution in [0.5, 0.6) is 5.75 Å². The lowest BCUT2D eigenvalue weighted by atomic mass is 10.1. The van der Waals surface area contributed by atoms with E-state index in [1.54, 1.807) is 14.0 Å². The number of methoxy groups -OCH3 is 1. The van der Waals surface area contributed by atoms with Crippen LogP contribution >= 0.6 is 0 Å². The molecule has 0 aliphatic carbocycles. The molecule has 1 aromatic carbocycles. The number of aryl methyl sites for hydroxylation is 1. The van der Waals surface area contributed by atoms with Crippen LogP contribution < -0.4 is 4.74 Å². The molecule has 0 aliphatic heterocycles. The first-order valence-electron chi connectivity index (χ1n) is 5.58. The summed E-state index contributed by atoms with van der Waals surface area (Å²) in [6, 6.07) is 5.76. The number of hydrogen-bond donors (Lipinski definition) is 1. The molecule has 2 aromatic rings. The van der Waals surface area contributed by atoms with Crippen molar-refractivity contribution in [3.05, 3.63) is 36.0 Å². The van der Waals surface area contributed by atoms with Crippen LogP contribution in [0.2, 0.25) is 0 Å². The van der Waals surface area contributed by atoms with Crippen LogP contribution in [0.3, 0.4) is 0 Å². The van der Waals surface area contributed by atoms with E-state index in [0.717, 1.165) is 27.8 Å². The van der Waals surface area contributed by atoms with Gasteiger partial charge in [-0.05, 0) is 18.6 Å². The van der Waals surface area contributed by atoms with E-state index in [0.29, 0.717) is 0 Å². The molecule has 0 bridgehead atoms. The minimum Gasteiger partial charge on any atom is -0.495 e. The third kappa shape index (κ3) is 1.97. The lowest BCUT2D eigenvalue weighted by Crippen LogP contribution is -1.89. The van der Waals surface area contributed by atoms with Crippen LogP contribution in [0.15, 0.2) is 30.5 Å². The second-order valence-corrected chi connectivity index (χ2v) is 4.18. The van der Waals surface area contributed by atoms with Crippen molar-refractivity contribution in [3.8, 4) is 5.75 Å². The molecule has 0 radical (unpaired) electrons. The Hall–Kier alpha value is -2.23. The van der Waals surface area contributed by atoms with E-state index in [1.165, 1.54) is 6.08 Å². The Morgan fingerprint density at radius 3 is 2.78 bits per heavy atom. The molecule has 0 aliphatic rings. The molecule has 4 nitrogen and oxygen atoms in total. The lowest BCUT2D eigenvalue weighted by Gasteiger charge is -2.04. The summed E-state index contributed by atoms with van der Waals surface area (Å²) in [4.78, 5) is 10.7. The van der Waals surface area contributed by atoms with Gasteiger partial charge in [0.2, 0.25) is 0 Å². The van der Waals surface area contributed by atoms with Gasteiger partial charge < -0.3 is 14.4 Å². The Kier molecular flexibility index (Phi) is 3.10. The van der Waals surface area contributed by atoms with Crippen LogP contribution in [0.1, 0.15) is 12.5 Å². The summed E-state index contributed by atoms with van der Waals surface area (Å²) in [5.41, 5.74) is 2.60. The number of allylic oxidation sites excluding steroid dienone is 1. The summed E-state index contributed by atoms with van der Waals surface area (Å²) in [6.45, 7) is 1.79. The first-order chi connectivity index (χ1) is 8.54. The first-order valence-corrected chi connectivity index (χ1v) is 5.58. The highest BCUT2D eigenvalue weighted by molar-refractivity contribution is 5.99. The van der Waals surface area contributed by atoms with Gasteiger partial charge in [0.1, 0.15) is 5.75 Å². The third-order valence-electron chi connectivity index (χ3n) is 2.95. The summed E-state index contributed by atoms with van der Waals surface area (Å²) in [7, 11) is 3.55. The zero-order valence-corrected chi connectivity index (χ0v) is 10.6. The van der Waals surface area contributed by atoms with E-state index >= 15 is 0 Å². The van der Waals surface area contributed by atoms with Gasteiger partial charge in [0.25, 0.3) is 0 Å². The summed E-state index contributed by atoms with van der Waals surface area (Å²) in [5, 5.41) is 9.81. The van der Waals surface area contributed by atoms with Crippen LogP contribution in [-0.2, 0) is 11.8 Å². The molecule has 0 fully saturated rings. The van der Waals surface area contributed by atoms with Crippen LogP contribution in [0.4, 0.5) is 0 Å². The van der Waals surface area contributed by atoms with Gasteiger partial charge in [-0.15, -0.1) is 0 Å². The number of aromatic nitrogens is 1. The lowest BCUT2D eigenvalue weighted by molar-refractivity contribution is -0.131. The number of nitrogens with zero attached hydrogens (tertiary/aromatic N) is 1. The number of ether oxygens (including phenoxy) is 1. The predicted octanol–water partition coefficient (Wildman–Crippen LogP) is 2.67. The number of carboxylic acid groups (broad SMARTS) is 1. The Morgan fingerprint density at radius 2 is 2.17 bits per heavy atom. The fourth-order valence-electron chi connectivity index (χ4n) is 2.17. The Labute approximate surface area is 105 Å². The molecule has 1 N–H and O–H groups in total. The maximum absolute atomic E-state index is 10.7. The highest BCUT2D eigenvalue weighted by Gasteiger charge is 2.12. The van der Waals surface area contributed by atoms with E-state index in [4.69, 9.17) is 9.84 Å². The van der Waals surface area contributed by atoms with Gasteiger partial charge >= 0.3 is 5.97 Å². The zero-order chi connectivity index (χ0) is 13.3. The molecule has 0 amide bonds. The number of carbonyl (C=O) groups is 1. The molecule has 18 heavy (non-hydrogen) atoms. The normalized spacial score (nSPS) is 11.8. The van der Waals surface area contributed by atoms with E-state index in [2.05, 4.69) is 0 Å². The van der Waals surface area contributed by atoms with Crippen LogP contribution in [0.25, 0.3) is 16.5 Å². The summed E-state index contributed by atoms with van der Waals surface area (Å²) in [6.07, 6.45) is 3.14. The van der Waals surface area contributed by atoms with E-state index in [1.807, 2.05) is 36.0 Å². The van der Waals surface area contributed by atoms with Gasteiger partial charge in [0, 0.05) is 30.3 Å². The third-order valence-corrected chi connectivity index (χ3v) is 2.95. The van der Waals surface area contributed by atoms with Crippen molar-refractivity contribution in [1.82, 2.24) is 4.57 Å². The van der Waals surface area contributed by atoms with Crippen molar-refractivity contribution in [1.29, 1.82) is 0 Å². The van der Waals surface area contributed by atoms with Crippen molar-refractivity contribution in [2.45, 2.75) is 6.92 Å². The Bertz CT molecular complexity index is 638. The van der Waals surface area contributed by atoms with Gasteiger partial charge in [-0.3, -0.25) is 0 Å². The monoisotopic (exact) mass is 245 g/mol. The summed E-state index contributed by atoms with van der Waals surface area (Å²) < 4.78 is 7.27. The molecular formula is C14H15NO3. The maximum atomic E-state index is 10.7. The number of rotatable bonds is 3. The number of benzene rings is 1. The fourth-order valence-corrected chi connectivity index (χ4v) is 2.17. The molecule has 0 unspecified atom stereocenters. The molecule has 0 spiro atoms. The Morgan fingerprint density at radius 1 is 1.44 bits per heavy atom. The van der Waals surface area contributed by atoms with Gasteiger partial charge in [0.05, 0.1) is 12.6 Å². The second kappa shape index (κ2) is 4.56. The predicted molar refractivity (Wildman–Crippen MR) is 70.8 cm³/mol.